The molecule has 4 N–H and O–H groups in total. The molecule has 0 saturated carbocycles. The lowest BCUT2D eigenvalue weighted by Crippen LogP contribution is -2.65. The van der Waals surface area contributed by atoms with E-state index in [-0.39, 0.29) is 31.0 Å². The van der Waals surface area contributed by atoms with E-state index in [1.807, 2.05) is 0 Å². The average Bonchev–Trinajstić information content (AvgIpc) is 3.41. The van der Waals surface area contributed by atoms with Crippen molar-refractivity contribution in [2.24, 2.45) is 0 Å². The number of carbonyl (C=O) groups is 5. The summed E-state index contributed by atoms with van der Waals surface area (Å²) in [5.74, 6) is -1.93. The zero-order valence-corrected chi connectivity index (χ0v) is 24.3. The normalized spacial score (nSPS) is 26.6. The van der Waals surface area contributed by atoms with Crippen LogP contribution < -0.4 is 16.0 Å². The Balaban J connectivity index is 1.82. The molecule has 11 heteroatoms. The summed E-state index contributed by atoms with van der Waals surface area (Å²) >= 11 is 6.02. The van der Waals surface area contributed by atoms with Crippen LogP contribution in [0.5, 0.6) is 0 Å². The van der Waals surface area contributed by atoms with E-state index in [2.05, 4.69) is 16.0 Å². The smallest absolute Gasteiger partial charge is 0.246 e. The highest BCUT2D eigenvalue weighted by Gasteiger charge is 2.43. The second-order valence-electron chi connectivity index (χ2n) is 11.0. The summed E-state index contributed by atoms with van der Waals surface area (Å²) in [4.78, 5) is 67.3. The van der Waals surface area contributed by atoms with Crippen LogP contribution in [0, 0.1) is 0 Å². The van der Waals surface area contributed by atoms with Gasteiger partial charge in [-0.3, -0.25) is 24.0 Å². The lowest BCUT2D eigenvalue weighted by atomic mass is 9.94. The maximum Gasteiger partial charge on any atom is 0.246 e. The van der Waals surface area contributed by atoms with Crippen molar-refractivity contribution >= 4 is 41.0 Å². The third kappa shape index (κ3) is 8.04. The van der Waals surface area contributed by atoms with Gasteiger partial charge in [0.2, 0.25) is 23.6 Å². The molecule has 1 unspecified atom stereocenters. The monoisotopic (exact) mass is 576 g/mol. The fourth-order valence-corrected chi connectivity index (χ4v) is 5.24. The highest BCUT2D eigenvalue weighted by atomic mass is 35.5. The lowest BCUT2D eigenvalue weighted by Gasteiger charge is -2.36. The first-order valence-corrected chi connectivity index (χ1v) is 14.5. The number of rotatable bonds is 10. The number of fused-ring (bicyclic) bond motifs is 1. The number of hydrogen-bond donors (Lipinski definition) is 4. The number of hydrogen-bond acceptors (Lipinski definition) is 6. The molecule has 10 nitrogen and oxygen atoms in total. The molecule has 0 bridgehead atoms. The summed E-state index contributed by atoms with van der Waals surface area (Å²) in [5.41, 5.74) is -0.515. The fourth-order valence-electron chi connectivity index (χ4n) is 5.11. The molecule has 2 saturated heterocycles. The largest absolute Gasteiger partial charge is 0.386 e. The van der Waals surface area contributed by atoms with E-state index in [4.69, 9.17) is 11.6 Å². The Morgan fingerprint density at radius 2 is 1.77 bits per heavy atom. The van der Waals surface area contributed by atoms with Gasteiger partial charge in [-0.1, -0.05) is 43.5 Å². The molecule has 2 fully saturated rings. The molecule has 5 atom stereocenters. The molecular formula is C29H41ClN4O6. The van der Waals surface area contributed by atoms with Crippen molar-refractivity contribution in [1.29, 1.82) is 0 Å². The molecule has 4 amide bonds. The molecule has 2 heterocycles. The topological polar surface area (TPSA) is 145 Å². The number of benzene rings is 1. The lowest BCUT2D eigenvalue weighted by molar-refractivity contribution is -0.144. The summed E-state index contributed by atoms with van der Waals surface area (Å²) in [6.45, 7) is 5.19. The minimum atomic E-state index is -1.31. The van der Waals surface area contributed by atoms with Crippen LogP contribution in [0.15, 0.2) is 24.3 Å². The molecule has 0 spiro atoms. The maximum absolute atomic E-state index is 13.8. The van der Waals surface area contributed by atoms with Gasteiger partial charge in [-0.15, -0.1) is 0 Å². The van der Waals surface area contributed by atoms with Crippen molar-refractivity contribution in [2.45, 2.75) is 108 Å². The zero-order valence-electron chi connectivity index (χ0n) is 23.5. The molecule has 0 aromatic heterocycles. The van der Waals surface area contributed by atoms with Gasteiger partial charge in [-0.2, -0.15) is 0 Å². The maximum atomic E-state index is 13.8. The van der Waals surface area contributed by atoms with E-state index in [0.717, 1.165) is 5.56 Å². The fraction of sp³-hybridized carbons (Fsp3) is 0.621. The van der Waals surface area contributed by atoms with Crippen LogP contribution in [-0.2, 0) is 30.4 Å². The Kier molecular flexibility index (Phi) is 11.1. The van der Waals surface area contributed by atoms with Crippen LogP contribution in [0.4, 0.5) is 0 Å². The van der Waals surface area contributed by atoms with Crippen molar-refractivity contribution in [3.8, 4) is 0 Å². The minimum absolute atomic E-state index is 0.209. The summed E-state index contributed by atoms with van der Waals surface area (Å²) in [6, 6.07) is 4.44. The average molecular weight is 577 g/mol. The second-order valence-corrected chi connectivity index (χ2v) is 11.5. The molecule has 0 aliphatic carbocycles. The third-order valence-corrected chi connectivity index (χ3v) is 8.17. The predicted octanol–water partition coefficient (Wildman–Crippen LogP) is 2.04. The molecule has 1 aromatic carbocycles. The summed E-state index contributed by atoms with van der Waals surface area (Å²) < 4.78 is 0. The van der Waals surface area contributed by atoms with Crippen LogP contribution in [0.2, 0.25) is 5.02 Å². The van der Waals surface area contributed by atoms with Crippen molar-refractivity contribution in [3.63, 3.8) is 0 Å². The summed E-state index contributed by atoms with van der Waals surface area (Å²) in [7, 11) is 0. The van der Waals surface area contributed by atoms with Crippen molar-refractivity contribution < 1.29 is 29.1 Å². The highest BCUT2D eigenvalue weighted by Crippen LogP contribution is 2.22. The second kappa shape index (κ2) is 14.1. The van der Waals surface area contributed by atoms with Crippen molar-refractivity contribution in [1.82, 2.24) is 20.9 Å². The molecule has 0 radical (unpaired) electrons. The number of nitrogens with one attached hydrogen (secondary N) is 3. The Morgan fingerprint density at radius 1 is 1.07 bits per heavy atom. The van der Waals surface area contributed by atoms with Gasteiger partial charge in [0.05, 0.1) is 0 Å². The molecule has 2 aliphatic rings. The molecule has 3 rings (SSSR count). The first-order chi connectivity index (χ1) is 18.9. The molecular weight excluding hydrogens is 536 g/mol. The standard InChI is InChI=1S/C29H41ClN4O6/c1-4-29(3)28(40)32-22(17-19-12-14-20(30)15-13-19)27(39)34-16-8-10-23(34)26(38)31-21(25(37)33-29)9-6-5-7-11-24(36)18(2)35/h12-15,18,21-23,35H,4-11,16-17H2,1-3H3,(H,31,38)(H,32,40)(H,33,37)/t18-,21+,22+,23?,29+/m1/s1. The van der Waals surface area contributed by atoms with Crippen LogP contribution in [-0.4, -0.2) is 75.7 Å². The predicted molar refractivity (Wildman–Crippen MR) is 150 cm³/mol. The van der Waals surface area contributed by atoms with Crippen molar-refractivity contribution in [2.75, 3.05) is 6.54 Å². The van der Waals surface area contributed by atoms with Gasteiger partial charge in [-0.25, -0.2) is 0 Å². The van der Waals surface area contributed by atoms with E-state index >= 15 is 0 Å². The Labute approximate surface area is 240 Å². The van der Waals surface area contributed by atoms with Gasteiger partial charge in [0, 0.05) is 24.4 Å². The number of aliphatic hydroxyl groups is 1. The number of unbranched alkanes of at least 4 members (excludes halogenated alkanes) is 2. The van der Waals surface area contributed by atoms with E-state index in [9.17, 15) is 29.1 Å². The number of halogens is 1. The van der Waals surface area contributed by atoms with Gasteiger partial charge < -0.3 is 26.0 Å². The van der Waals surface area contributed by atoms with Gasteiger partial charge in [-0.05, 0) is 63.6 Å². The number of aliphatic hydroxyl groups excluding tert-OH is 1. The van der Waals surface area contributed by atoms with Crippen LogP contribution >= 0.6 is 11.6 Å². The van der Waals surface area contributed by atoms with Gasteiger partial charge in [0.1, 0.15) is 29.8 Å². The van der Waals surface area contributed by atoms with Gasteiger partial charge in [0.25, 0.3) is 0 Å². The molecule has 2 aliphatic heterocycles. The highest BCUT2D eigenvalue weighted by molar-refractivity contribution is 6.30. The van der Waals surface area contributed by atoms with E-state index in [1.54, 1.807) is 38.1 Å². The summed E-state index contributed by atoms with van der Waals surface area (Å²) in [5, 5.41) is 18.5. The quantitative estimate of drug-likeness (QED) is 0.314. The van der Waals surface area contributed by atoms with E-state index < -0.39 is 47.5 Å². The number of ketones is 1. The number of nitrogens with zero attached hydrogens (tertiary/aromatic N) is 1. The SMILES string of the molecule is CC[C@]1(C)NC(=O)[C@H](CCCCCC(=O)[C@@H](C)O)NC(=O)C2CCCN2C(=O)[C@H](Cc2ccc(Cl)cc2)NC1=O. The Bertz CT molecular complexity index is 1090. The van der Waals surface area contributed by atoms with E-state index in [1.165, 1.54) is 11.8 Å². The minimum Gasteiger partial charge on any atom is -0.386 e. The Morgan fingerprint density at radius 3 is 2.42 bits per heavy atom. The number of carbonyl (C=O) groups excluding carboxylic acids is 5. The van der Waals surface area contributed by atoms with Crippen LogP contribution in [0.1, 0.15) is 77.7 Å². The number of amides is 4. The van der Waals surface area contributed by atoms with Crippen LogP contribution in [0.25, 0.3) is 0 Å². The first-order valence-electron chi connectivity index (χ1n) is 14.1. The van der Waals surface area contributed by atoms with E-state index in [0.29, 0.717) is 50.1 Å². The first kappa shape index (κ1) is 31.5. The molecule has 1 aromatic rings. The summed E-state index contributed by atoms with van der Waals surface area (Å²) in [6.07, 6.45) is 2.85. The molecule has 220 valence electrons. The van der Waals surface area contributed by atoms with Crippen molar-refractivity contribution in [3.05, 3.63) is 34.9 Å². The van der Waals surface area contributed by atoms with Crippen LogP contribution in [0.3, 0.4) is 0 Å². The van der Waals surface area contributed by atoms with Gasteiger partial charge in [0.15, 0.2) is 5.78 Å². The number of Topliss-reactive ketones (excluding diaryl/α,β-unsaturated/α-hetero) is 1. The molecule has 40 heavy (non-hydrogen) atoms. The Hall–Kier alpha value is -2.98. The third-order valence-electron chi connectivity index (χ3n) is 7.92. The zero-order chi connectivity index (χ0) is 29.4. The van der Waals surface area contributed by atoms with Gasteiger partial charge >= 0.3 is 0 Å².